The predicted octanol–water partition coefficient (Wildman–Crippen LogP) is 11.4. The first kappa shape index (κ1) is 58.8. The molecule has 12 nitrogen and oxygen atoms in total. The lowest BCUT2D eigenvalue weighted by Crippen LogP contribution is -2.29. The van der Waals surface area contributed by atoms with Crippen LogP contribution in [0.4, 0.5) is 0 Å². The van der Waals surface area contributed by atoms with Gasteiger partial charge in [0, 0.05) is 18.8 Å². The van der Waals surface area contributed by atoms with E-state index < -0.39 is 57.9 Å². The van der Waals surface area contributed by atoms with Crippen molar-refractivity contribution in [1.82, 2.24) is 0 Å². The zero-order valence-electron chi connectivity index (χ0n) is 39.6. The van der Waals surface area contributed by atoms with Crippen molar-refractivity contribution in [3.63, 3.8) is 0 Å². The minimum Gasteiger partial charge on any atom is -0.462 e. The molecule has 6 atom stereocenters. The lowest BCUT2D eigenvalue weighted by molar-refractivity contribution is -0.161. The highest BCUT2D eigenvalue weighted by atomic mass is 31.2. The quantitative estimate of drug-likeness (QED) is 0.0197. The molecular weight excluding hydrogens is 824 g/mol. The van der Waals surface area contributed by atoms with Crippen molar-refractivity contribution in [3.8, 4) is 0 Å². The first-order valence-corrected chi connectivity index (χ1v) is 26.4. The molecule has 13 heteroatoms. The van der Waals surface area contributed by atoms with E-state index in [1.54, 1.807) is 12.2 Å². The number of aliphatic hydroxyl groups is 3. The molecule has 0 aromatic carbocycles. The Morgan fingerprint density at radius 2 is 1.25 bits per heavy atom. The molecule has 1 rings (SSSR count). The summed E-state index contributed by atoms with van der Waals surface area (Å²) in [6, 6.07) is 0. The van der Waals surface area contributed by atoms with E-state index in [4.69, 9.17) is 23.6 Å². The number of hydrogen-bond acceptors (Lipinski definition) is 11. The summed E-state index contributed by atoms with van der Waals surface area (Å²) < 4.78 is 32.8. The standard InChI is InChI=1S/C50H89O12P/c1-4-5-24-31-44(52)35-36-47-43(34-37-48(47)54)30-26-22-23-27-32-49(55)59-40-46(41-61-63(57,58)60-39-45(53)38-51)62-50(56)33-28-21-19-17-15-13-11-9-7-6-8-10-12-14-16-18-20-25-29-42(2)3/h22,26,34-37,42-47,51-53H,4-21,23-25,27-33,38-41H2,1-3H3,(H,57,58)/b26-22-,36-35+/t43-,44-,45-,46+,47+/m0/s1. The Hall–Kier alpha value is -2.18. The molecule has 1 aliphatic carbocycles. The monoisotopic (exact) mass is 913 g/mol. The van der Waals surface area contributed by atoms with Gasteiger partial charge in [0.15, 0.2) is 11.9 Å². The van der Waals surface area contributed by atoms with E-state index in [-0.39, 0.29) is 37.1 Å². The highest BCUT2D eigenvalue weighted by molar-refractivity contribution is 7.47. The summed E-state index contributed by atoms with van der Waals surface area (Å²) in [6.07, 6.45) is 37.4. The van der Waals surface area contributed by atoms with Crippen molar-refractivity contribution in [3.05, 3.63) is 36.5 Å². The van der Waals surface area contributed by atoms with Crippen LogP contribution in [0.15, 0.2) is 36.5 Å². The number of phosphoric acid groups is 1. The number of ketones is 1. The first-order chi connectivity index (χ1) is 30.4. The number of rotatable bonds is 43. The molecule has 0 saturated heterocycles. The second-order valence-corrected chi connectivity index (χ2v) is 19.4. The number of ether oxygens (including phenoxy) is 2. The third-order valence-corrected chi connectivity index (χ3v) is 12.4. The molecular formula is C50H89O12P. The number of phosphoric ester groups is 1. The average molecular weight is 913 g/mol. The van der Waals surface area contributed by atoms with Gasteiger partial charge in [-0.2, -0.15) is 0 Å². The van der Waals surface area contributed by atoms with Crippen LogP contribution in [0.5, 0.6) is 0 Å². The van der Waals surface area contributed by atoms with E-state index in [2.05, 4.69) is 20.8 Å². The number of aliphatic hydroxyl groups excluding tert-OH is 3. The van der Waals surface area contributed by atoms with Crippen molar-refractivity contribution in [2.45, 2.75) is 219 Å². The van der Waals surface area contributed by atoms with Crippen molar-refractivity contribution in [2.75, 3.05) is 26.4 Å². The number of esters is 2. The molecule has 0 saturated carbocycles. The molecule has 366 valence electrons. The molecule has 63 heavy (non-hydrogen) atoms. The predicted molar refractivity (Wildman–Crippen MR) is 251 cm³/mol. The lowest BCUT2D eigenvalue weighted by atomic mass is 9.90. The van der Waals surface area contributed by atoms with Gasteiger partial charge in [-0.05, 0) is 50.0 Å². The highest BCUT2D eigenvalue weighted by Gasteiger charge is 2.28. The summed E-state index contributed by atoms with van der Waals surface area (Å²) in [5.41, 5.74) is 0. The molecule has 1 aliphatic rings. The average Bonchev–Trinajstić information content (AvgIpc) is 3.61. The minimum atomic E-state index is -4.67. The topological polar surface area (TPSA) is 186 Å². The Labute approximate surface area is 381 Å². The van der Waals surface area contributed by atoms with E-state index in [0.717, 1.165) is 44.4 Å². The summed E-state index contributed by atoms with van der Waals surface area (Å²) in [5.74, 6) is -0.488. The fourth-order valence-corrected chi connectivity index (χ4v) is 8.31. The van der Waals surface area contributed by atoms with Gasteiger partial charge in [-0.1, -0.05) is 186 Å². The van der Waals surface area contributed by atoms with Gasteiger partial charge in [0.05, 0.1) is 25.9 Å². The van der Waals surface area contributed by atoms with Crippen molar-refractivity contribution < 1.29 is 57.7 Å². The van der Waals surface area contributed by atoms with Crippen molar-refractivity contribution >= 4 is 25.5 Å². The van der Waals surface area contributed by atoms with Gasteiger partial charge in [0.25, 0.3) is 0 Å². The second kappa shape index (κ2) is 39.0. The van der Waals surface area contributed by atoms with Crippen LogP contribution >= 0.6 is 7.82 Å². The number of carbonyl (C=O) groups is 3. The Morgan fingerprint density at radius 1 is 0.714 bits per heavy atom. The molecule has 0 heterocycles. The molecule has 0 amide bonds. The van der Waals surface area contributed by atoms with E-state index in [9.17, 15) is 34.1 Å². The zero-order chi connectivity index (χ0) is 46.4. The largest absolute Gasteiger partial charge is 0.472 e. The molecule has 0 aromatic rings. The fraction of sp³-hybridized carbons (Fsp3) is 0.820. The van der Waals surface area contributed by atoms with Gasteiger partial charge in [-0.3, -0.25) is 23.4 Å². The van der Waals surface area contributed by atoms with E-state index in [0.29, 0.717) is 32.1 Å². The van der Waals surface area contributed by atoms with Crippen LogP contribution in [-0.4, -0.2) is 82.7 Å². The molecule has 0 bridgehead atoms. The van der Waals surface area contributed by atoms with Gasteiger partial charge >= 0.3 is 19.8 Å². The van der Waals surface area contributed by atoms with Crippen LogP contribution in [0.1, 0.15) is 201 Å². The van der Waals surface area contributed by atoms with Crippen molar-refractivity contribution in [1.29, 1.82) is 0 Å². The smallest absolute Gasteiger partial charge is 0.462 e. The maximum absolute atomic E-state index is 12.7. The summed E-state index contributed by atoms with van der Waals surface area (Å²) in [6.45, 7) is 4.43. The Morgan fingerprint density at radius 3 is 1.83 bits per heavy atom. The Kier molecular flexibility index (Phi) is 36.5. The summed E-state index contributed by atoms with van der Waals surface area (Å²) in [4.78, 5) is 47.7. The minimum absolute atomic E-state index is 0.0113. The molecule has 4 N–H and O–H groups in total. The van der Waals surface area contributed by atoms with E-state index in [1.807, 2.05) is 24.3 Å². The second-order valence-electron chi connectivity index (χ2n) is 18.0. The molecule has 0 aromatic heterocycles. The first-order valence-electron chi connectivity index (χ1n) is 24.9. The van der Waals surface area contributed by atoms with Gasteiger partial charge in [0.2, 0.25) is 0 Å². The van der Waals surface area contributed by atoms with Crippen LogP contribution in [0.3, 0.4) is 0 Å². The third-order valence-electron chi connectivity index (χ3n) is 11.5. The van der Waals surface area contributed by atoms with Crippen LogP contribution in [-0.2, 0) is 37.5 Å². The van der Waals surface area contributed by atoms with Gasteiger partial charge in [-0.25, -0.2) is 4.57 Å². The molecule has 0 aliphatic heterocycles. The van der Waals surface area contributed by atoms with Crippen LogP contribution < -0.4 is 0 Å². The van der Waals surface area contributed by atoms with E-state index >= 15 is 0 Å². The number of allylic oxidation sites excluding steroid dienone is 5. The Bertz CT molecular complexity index is 1300. The lowest BCUT2D eigenvalue weighted by Gasteiger charge is -2.20. The number of hydrogen-bond donors (Lipinski definition) is 4. The maximum Gasteiger partial charge on any atom is 0.472 e. The van der Waals surface area contributed by atoms with Gasteiger partial charge < -0.3 is 29.7 Å². The molecule has 0 fully saturated rings. The summed E-state index contributed by atoms with van der Waals surface area (Å²) in [5, 5.41) is 28.6. The molecule has 0 spiro atoms. The summed E-state index contributed by atoms with van der Waals surface area (Å²) in [7, 11) is -4.67. The fourth-order valence-electron chi connectivity index (χ4n) is 7.52. The number of unbranched alkanes of at least 4 members (excludes halogenated alkanes) is 20. The van der Waals surface area contributed by atoms with Gasteiger partial charge in [-0.15, -0.1) is 0 Å². The van der Waals surface area contributed by atoms with Crippen LogP contribution in [0, 0.1) is 17.8 Å². The zero-order valence-corrected chi connectivity index (χ0v) is 40.5. The summed E-state index contributed by atoms with van der Waals surface area (Å²) >= 11 is 0. The van der Waals surface area contributed by atoms with Crippen LogP contribution in [0.2, 0.25) is 0 Å². The van der Waals surface area contributed by atoms with Crippen LogP contribution in [0.25, 0.3) is 0 Å². The van der Waals surface area contributed by atoms with E-state index in [1.165, 1.54) is 96.3 Å². The van der Waals surface area contributed by atoms with Gasteiger partial charge in [0.1, 0.15) is 12.7 Å². The molecule has 0 radical (unpaired) electrons. The molecule has 1 unspecified atom stereocenters. The maximum atomic E-state index is 12.7. The normalized spacial score (nSPS) is 17.8. The third kappa shape index (κ3) is 34.8. The Balaban J connectivity index is 2.33. The number of carbonyl (C=O) groups excluding carboxylic acids is 3. The van der Waals surface area contributed by atoms with Crippen molar-refractivity contribution in [2.24, 2.45) is 17.8 Å². The highest BCUT2D eigenvalue weighted by Crippen LogP contribution is 2.43. The SMILES string of the molecule is CCCCC[C@H](O)/C=C/[C@H]1C(=O)C=C[C@@H]1C/C=C\CCCC(=O)OC[C@H](COP(=O)(O)OC[C@@H](O)CO)OC(=O)CCCCCCCCCCCCCCCCCCCCC(C)C.